The lowest BCUT2D eigenvalue weighted by Gasteiger charge is -2.32. The number of sulfonamides is 1. The van der Waals surface area contributed by atoms with Crippen LogP contribution in [0.25, 0.3) is 0 Å². The predicted molar refractivity (Wildman–Crippen MR) is 92.2 cm³/mol. The summed E-state index contributed by atoms with van der Waals surface area (Å²) >= 11 is 0. The Labute approximate surface area is 148 Å². The molecule has 1 saturated heterocycles. The van der Waals surface area contributed by atoms with E-state index in [-0.39, 0.29) is 30.3 Å². The molecule has 1 atom stereocenters. The summed E-state index contributed by atoms with van der Waals surface area (Å²) in [5, 5.41) is -0.734. The summed E-state index contributed by atoms with van der Waals surface area (Å²) in [5.74, 6) is -2.27. The van der Waals surface area contributed by atoms with Crippen LogP contribution >= 0.6 is 0 Å². The second kappa shape index (κ2) is 7.67. The van der Waals surface area contributed by atoms with Crippen LogP contribution in [0.4, 0.5) is 8.78 Å². The summed E-state index contributed by atoms with van der Waals surface area (Å²) in [5.41, 5.74) is 0.00432. The van der Waals surface area contributed by atoms with E-state index in [2.05, 4.69) is 0 Å². The Morgan fingerprint density at radius 1 is 1.12 bits per heavy atom. The maximum Gasteiger partial charge on any atom is 0.218 e. The smallest absolute Gasteiger partial charge is 0.218 e. The molecule has 9 heteroatoms. The van der Waals surface area contributed by atoms with E-state index in [1.807, 2.05) is 0 Å². The number of benzene rings is 1. The van der Waals surface area contributed by atoms with E-state index < -0.39 is 42.5 Å². The van der Waals surface area contributed by atoms with Crippen LogP contribution in [0, 0.1) is 17.6 Å². The van der Waals surface area contributed by atoms with Gasteiger partial charge in [-0.1, -0.05) is 13.8 Å². The molecule has 142 valence electrons. The first-order valence-corrected chi connectivity index (χ1v) is 11.5. The Bertz CT molecular complexity index is 802. The molecule has 1 aromatic rings. The molecular weight excluding hydrogens is 372 g/mol. The molecule has 0 N–H and O–H groups in total. The van der Waals surface area contributed by atoms with E-state index in [4.69, 9.17) is 0 Å². The highest BCUT2D eigenvalue weighted by atomic mass is 32.2. The normalized spacial score (nSPS) is 20.1. The van der Waals surface area contributed by atoms with Gasteiger partial charge in [0.25, 0.3) is 0 Å². The molecule has 25 heavy (non-hydrogen) atoms. The van der Waals surface area contributed by atoms with Crippen molar-refractivity contribution in [2.75, 3.05) is 18.8 Å². The van der Waals surface area contributed by atoms with Gasteiger partial charge in [-0.15, -0.1) is 0 Å². The van der Waals surface area contributed by atoms with Crippen molar-refractivity contribution in [3.05, 3.63) is 35.4 Å². The third-order valence-corrected chi connectivity index (χ3v) is 8.43. The number of piperidine rings is 1. The molecule has 0 amide bonds. The molecule has 0 radical (unpaired) electrons. The third-order valence-electron chi connectivity index (χ3n) is 4.08. The zero-order valence-corrected chi connectivity index (χ0v) is 15.9. The molecule has 1 aromatic carbocycles. The fourth-order valence-corrected chi connectivity index (χ4v) is 6.86. The average molecular weight is 395 g/mol. The fraction of sp³-hybridized carbons (Fsp3) is 0.625. The summed E-state index contributed by atoms with van der Waals surface area (Å²) in [6.45, 7) is 3.71. The molecule has 1 aliphatic heterocycles. The Morgan fingerprint density at radius 3 is 2.28 bits per heavy atom. The van der Waals surface area contributed by atoms with Crippen molar-refractivity contribution in [3.8, 4) is 0 Å². The van der Waals surface area contributed by atoms with E-state index >= 15 is 0 Å². The van der Waals surface area contributed by atoms with Crippen molar-refractivity contribution < 1.29 is 25.6 Å². The number of nitrogens with zero attached hydrogens (tertiary/aromatic N) is 1. The van der Waals surface area contributed by atoms with E-state index in [1.54, 1.807) is 13.8 Å². The first-order valence-electron chi connectivity index (χ1n) is 8.14. The van der Waals surface area contributed by atoms with Gasteiger partial charge in [-0.3, -0.25) is 0 Å². The quantitative estimate of drug-likeness (QED) is 0.741. The van der Waals surface area contributed by atoms with Gasteiger partial charge in [0.05, 0.1) is 16.8 Å². The lowest BCUT2D eigenvalue weighted by Crippen LogP contribution is -2.46. The topological polar surface area (TPSA) is 71.5 Å². The fourth-order valence-electron chi connectivity index (χ4n) is 3.05. The van der Waals surface area contributed by atoms with Crippen LogP contribution in [0.3, 0.4) is 0 Å². The van der Waals surface area contributed by atoms with Crippen LogP contribution in [-0.2, 0) is 25.6 Å². The largest absolute Gasteiger partial charge is 0.228 e. The van der Waals surface area contributed by atoms with E-state index in [9.17, 15) is 25.6 Å². The van der Waals surface area contributed by atoms with E-state index in [0.29, 0.717) is 18.9 Å². The van der Waals surface area contributed by atoms with Gasteiger partial charge in [0.15, 0.2) is 9.84 Å². The summed E-state index contributed by atoms with van der Waals surface area (Å²) in [6.07, 6.45) is 0.869. The molecule has 0 bridgehead atoms. The first-order chi connectivity index (χ1) is 11.5. The van der Waals surface area contributed by atoms with Gasteiger partial charge in [-0.05, 0) is 36.5 Å². The summed E-state index contributed by atoms with van der Waals surface area (Å²) in [6, 6.07) is 2.61. The molecule has 1 fully saturated rings. The first kappa shape index (κ1) is 20.3. The van der Waals surface area contributed by atoms with E-state index in [0.717, 1.165) is 16.4 Å². The van der Waals surface area contributed by atoms with Gasteiger partial charge < -0.3 is 0 Å². The maximum atomic E-state index is 13.3. The molecule has 1 heterocycles. The summed E-state index contributed by atoms with van der Waals surface area (Å²) in [7, 11) is -7.24. The Kier molecular flexibility index (Phi) is 6.22. The molecule has 0 spiro atoms. The van der Waals surface area contributed by atoms with Crippen LogP contribution in [0.1, 0.15) is 32.3 Å². The van der Waals surface area contributed by atoms with Crippen LogP contribution in [0.5, 0.6) is 0 Å². The second-order valence-electron chi connectivity index (χ2n) is 6.88. The number of hydrogen-bond donors (Lipinski definition) is 0. The molecular formula is C16H23F2NO4S2. The minimum atomic E-state index is -3.86. The predicted octanol–water partition coefficient (Wildman–Crippen LogP) is 2.33. The molecule has 1 aliphatic rings. The molecule has 2 rings (SSSR count). The van der Waals surface area contributed by atoms with Gasteiger partial charge in [0, 0.05) is 19.2 Å². The highest BCUT2D eigenvalue weighted by molar-refractivity contribution is 7.92. The van der Waals surface area contributed by atoms with Gasteiger partial charge >= 0.3 is 0 Å². The van der Waals surface area contributed by atoms with Crippen molar-refractivity contribution in [1.82, 2.24) is 4.31 Å². The molecule has 0 aromatic heterocycles. The number of halogens is 2. The highest BCUT2D eigenvalue weighted by Gasteiger charge is 2.35. The van der Waals surface area contributed by atoms with Gasteiger partial charge in [-0.25, -0.2) is 29.9 Å². The van der Waals surface area contributed by atoms with Crippen molar-refractivity contribution >= 4 is 19.9 Å². The van der Waals surface area contributed by atoms with Gasteiger partial charge in [0.2, 0.25) is 10.0 Å². The van der Waals surface area contributed by atoms with E-state index in [1.165, 1.54) is 0 Å². The van der Waals surface area contributed by atoms with Crippen molar-refractivity contribution in [3.63, 3.8) is 0 Å². The number of rotatable bonds is 6. The highest BCUT2D eigenvalue weighted by Crippen LogP contribution is 2.23. The lowest BCUT2D eigenvalue weighted by atomic mass is 10.2. The molecule has 5 nitrogen and oxygen atoms in total. The lowest BCUT2D eigenvalue weighted by molar-refractivity contribution is 0.345. The molecule has 0 saturated carbocycles. The molecule has 0 aliphatic carbocycles. The van der Waals surface area contributed by atoms with Crippen LogP contribution in [-0.4, -0.2) is 45.2 Å². The van der Waals surface area contributed by atoms with Crippen molar-refractivity contribution in [1.29, 1.82) is 0 Å². The zero-order chi connectivity index (χ0) is 18.8. The Hall–Kier alpha value is -1.06. The van der Waals surface area contributed by atoms with Crippen molar-refractivity contribution in [2.45, 2.75) is 37.7 Å². The second-order valence-corrected chi connectivity index (χ2v) is 11.2. The Morgan fingerprint density at radius 2 is 1.72 bits per heavy atom. The van der Waals surface area contributed by atoms with Crippen LogP contribution < -0.4 is 0 Å². The molecule has 1 unspecified atom stereocenters. The monoisotopic (exact) mass is 395 g/mol. The van der Waals surface area contributed by atoms with Crippen molar-refractivity contribution in [2.24, 2.45) is 5.92 Å². The van der Waals surface area contributed by atoms with Gasteiger partial charge in [0.1, 0.15) is 11.6 Å². The number of sulfone groups is 1. The van der Waals surface area contributed by atoms with Crippen LogP contribution in [0.15, 0.2) is 18.2 Å². The minimum Gasteiger partial charge on any atom is -0.228 e. The standard InChI is InChI=1S/C16H23F2NO4S2/c1-12(2)10-24(20,21)16-4-3-5-19(9-16)25(22,23)11-13-6-14(17)8-15(18)7-13/h6-8,12,16H,3-5,9-11H2,1-2H3. The number of hydrogen-bond acceptors (Lipinski definition) is 4. The third kappa shape index (κ3) is 5.46. The summed E-state index contributed by atoms with van der Waals surface area (Å²) < 4.78 is 77.5. The average Bonchev–Trinajstić information content (AvgIpc) is 2.44. The minimum absolute atomic E-state index is 0.00432. The Balaban J connectivity index is 2.16. The maximum absolute atomic E-state index is 13.3. The van der Waals surface area contributed by atoms with Gasteiger partial charge in [-0.2, -0.15) is 0 Å². The van der Waals surface area contributed by atoms with Crippen LogP contribution in [0.2, 0.25) is 0 Å². The summed E-state index contributed by atoms with van der Waals surface area (Å²) in [4.78, 5) is 0. The SMILES string of the molecule is CC(C)CS(=O)(=O)C1CCCN(S(=O)(=O)Cc2cc(F)cc(F)c2)C1. The zero-order valence-electron chi connectivity index (χ0n) is 14.3.